The molecule has 1 aliphatic rings. The van der Waals surface area contributed by atoms with E-state index in [1.54, 1.807) is 0 Å². The van der Waals surface area contributed by atoms with Crippen molar-refractivity contribution in [1.82, 2.24) is 0 Å². The van der Waals surface area contributed by atoms with Gasteiger partial charge >= 0.3 is 5.97 Å². The van der Waals surface area contributed by atoms with Gasteiger partial charge in [-0.2, -0.15) is 0 Å². The van der Waals surface area contributed by atoms with Crippen LogP contribution in [0.3, 0.4) is 0 Å². The molecule has 0 N–H and O–H groups in total. The van der Waals surface area contributed by atoms with Crippen LogP contribution in [0.15, 0.2) is 0 Å². The fraction of sp³-hybridized carbons (Fsp3) is 0.947. The molecule has 1 saturated carbocycles. The van der Waals surface area contributed by atoms with E-state index < -0.39 is 0 Å². The minimum Gasteiger partial charge on any atom is -0.465 e. The van der Waals surface area contributed by atoms with Gasteiger partial charge in [-0.1, -0.05) is 77.6 Å². The molecule has 1 fully saturated rings. The minimum absolute atomic E-state index is 0.0291. The van der Waals surface area contributed by atoms with Gasteiger partial charge in [0.15, 0.2) is 0 Å². The molecule has 0 aromatic rings. The second kappa shape index (κ2) is 13.2. The van der Waals surface area contributed by atoms with Crippen molar-refractivity contribution in [2.45, 2.75) is 103 Å². The van der Waals surface area contributed by atoms with Crippen LogP contribution in [-0.2, 0) is 9.53 Å². The van der Waals surface area contributed by atoms with Crippen LogP contribution >= 0.6 is 0 Å². The Labute approximate surface area is 132 Å². The Morgan fingerprint density at radius 1 is 0.857 bits per heavy atom. The van der Waals surface area contributed by atoms with Crippen LogP contribution in [0, 0.1) is 5.92 Å². The van der Waals surface area contributed by atoms with Gasteiger partial charge in [0.1, 0.15) is 0 Å². The molecule has 0 radical (unpaired) electrons. The molecule has 2 nitrogen and oxygen atoms in total. The lowest BCUT2D eigenvalue weighted by Crippen LogP contribution is -2.11. The number of esters is 1. The predicted molar refractivity (Wildman–Crippen MR) is 89.4 cm³/mol. The lowest BCUT2D eigenvalue weighted by atomic mass is 10.1. The molecular weight excluding hydrogens is 260 g/mol. The van der Waals surface area contributed by atoms with Gasteiger partial charge < -0.3 is 4.74 Å². The molecule has 0 aromatic heterocycles. The molecule has 0 spiro atoms. The highest BCUT2D eigenvalue weighted by molar-refractivity contribution is 5.69. The molecule has 1 rings (SSSR count). The largest absolute Gasteiger partial charge is 0.465 e. The van der Waals surface area contributed by atoms with Gasteiger partial charge in [0.25, 0.3) is 0 Å². The Hall–Kier alpha value is -0.530. The van der Waals surface area contributed by atoms with E-state index in [-0.39, 0.29) is 5.97 Å². The summed E-state index contributed by atoms with van der Waals surface area (Å²) in [5.74, 6) is 0.683. The predicted octanol–water partition coefficient (Wildman–Crippen LogP) is 6.03. The van der Waals surface area contributed by atoms with Crippen molar-refractivity contribution in [2.75, 3.05) is 6.61 Å². The second-order valence-corrected chi connectivity index (χ2v) is 6.77. The number of unbranched alkanes of at least 4 members (excludes halogenated alkanes) is 9. The normalized spacial score (nSPS) is 15.5. The van der Waals surface area contributed by atoms with Crippen molar-refractivity contribution >= 4 is 5.97 Å². The summed E-state index contributed by atoms with van der Waals surface area (Å²) in [5.41, 5.74) is 0. The Bertz CT molecular complexity index is 244. The number of hydrogen-bond donors (Lipinski definition) is 0. The van der Waals surface area contributed by atoms with Crippen molar-refractivity contribution in [3.8, 4) is 0 Å². The smallest absolute Gasteiger partial charge is 0.305 e. The molecule has 0 atom stereocenters. The van der Waals surface area contributed by atoms with Crippen LogP contribution in [0.1, 0.15) is 103 Å². The Balaban J connectivity index is 1.77. The highest BCUT2D eigenvalue weighted by Gasteiger charge is 2.16. The zero-order valence-corrected chi connectivity index (χ0v) is 14.2. The molecule has 0 amide bonds. The third-order valence-electron chi connectivity index (χ3n) is 4.69. The fourth-order valence-corrected chi connectivity index (χ4v) is 3.22. The monoisotopic (exact) mass is 296 g/mol. The first-order valence-electron chi connectivity index (χ1n) is 9.48. The number of carbonyl (C=O) groups excluding carboxylic acids is 1. The average Bonchev–Trinajstić information content (AvgIpc) is 3.00. The molecule has 1 aliphatic carbocycles. The van der Waals surface area contributed by atoms with E-state index in [1.165, 1.54) is 83.5 Å². The Kier molecular flexibility index (Phi) is 11.6. The molecule has 0 saturated heterocycles. The second-order valence-electron chi connectivity index (χ2n) is 6.77. The number of carbonyl (C=O) groups is 1. The van der Waals surface area contributed by atoms with E-state index in [0.29, 0.717) is 18.9 Å². The molecule has 21 heavy (non-hydrogen) atoms. The zero-order valence-electron chi connectivity index (χ0n) is 14.2. The van der Waals surface area contributed by atoms with E-state index >= 15 is 0 Å². The summed E-state index contributed by atoms with van der Waals surface area (Å²) < 4.78 is 5.37. The summed E-state index contributed by atoms with van der Waals surface area (Å²) in [6.45, 7) is 2.94. The van der Waals surface area contributed by atoms with Gasteiger partial charge in [-0.05, 0) is 25.2 Å². The average molecular weight is 296 g/mol. The van der Waals surface area contributed by atoms with Gasteiger partial charge in [-0.25, -0.2) is 0 Å². The third kappa shape index (κ3) is 10.8. The van der Waals surface area contributed by atoms with E-state index in [2.05, 4.69) is 6.92 Å². The Morgan fingerprint density at radius 3 is 1.95 bits per heavy atom. The number of rotatable bonds is 13. The maximum absolute atomic E-state index is 11.6. The van der Waals surface area contributed by atoms with E-state index in [9.17, 15) is 4.79 Å². The molecule has 0 heterocycles. The minimum atomic E-state index is 0.0291. The maximum Gasteiger partial charge on any atom is 0.305 e. The van der Waals surface area contributed by atoms with E-state index in [0.717, 1.165) is 6.42 Å². The van der Waals surface area contributed by atoms with E-state index in [4.69, 9.17) is 4.74 Å². The zero-order chi connectivity index (χ0) is 15.2. The first-order chi connectivity index (χ1) is 10.3. The molecule has 0 unspecified atom stereocenters. The standard InChI is InChI=1S/C19H36O2/c1-2-3-4-5-6-7-8-9-10-11-16-19(20)21-17-18-14-12-13-15-18/h18H,2-17H2,1H3. The highest BCUT2D eigenvalue weighted by atomic mass is 16.5. The van der Waals surface area contributed by atoms with Crippen LogP contribution in [-0.4, -0.2) is 12.6 Å². The maximum atomic E-state index is 11.6. The molecule has 124 valence electrons. The van der Waals surface area contributed by atoms with Crippen LogP contribution in [0.25, 0.3) is 0 Å². The van der Waals surface area contributed by atoms with Crippen LogP contribution < -0.4 is 0 Å². The number of hydrogen-bond acceptors (Lipinski definition) is 2. The fourth-order valence-electron chi connectivity index (χ4n) is 3.22. The highest BCUT2D eigenvalue weighted by Crippen LogP contribution is 2.24. The summed E-state index contributed by atoms with van der Waals surface area (Å²) in [4.78, 5) is 11.6. The number of ether oxygens (including phenoxy) is 1. The van der Waals surface area contributed by atoms with Gasteiger partial charge in [0.2, 0.25) is 0 Å². The molecular formula is C19H36O2. The lowest BCUT2D eigenvalue weighted by molar-refractivity contribution is -0.145. The van der Waals surface area contributed by atoms with Gasteiger partial charge in [-0.15, -0.1) is 0 Å². The molecule has 0 aromatic carbocycles. The van der Waals surface area contributed by atoms with Gasteiger partial charge in [0.05, 0.1) is 6.61 Å². The molecule has 2 heteroatoms. The van der Waals surface area contributed by atoms with Crippen LogP contribution in [0.2, 0.25) is 0 Å². The van der Waals surface area contributed by atoms with Crippen molar-refractivity contribution < 1.29 is 9.53 Å². The summed E-state index contributed by atoms with van der Waals surface area (Å²) in [6, 6.07) is 0. The van der Waals surface area contributed by atoms with Crippen molar-refractivity contribution in [3.63, 3.8) is 0 Å². The molecule has 0 bridgehead atoms. The van der Waals surface area contributed by atoms with Gasteiger partial charge in [0, 0.05) is 6.42 Å². The Morgan fingerprint density at radius 2 is 1.38 bits per heavy atom. The topological polar surface area (TPSA) is 26.3 Å². The lowest BCUT2D eigenvalue weighted by Gasteiger charge is -2.09. The summed E-state index contributed by atoms with van der Waals surface area (Å²) in [7, 11) is 0. The quantitative estimate of drug-likeness (QED) is 0.306. The summed E-state index contributed by atoms with van der Waals surface area (Å²) >= 11 is 0. The first kappa shape index (κ1) is 18.5. The van der Waals surface area contributed by atoms with E-state index in [1.807, 2.05) is 0 Å². The molecule has 0 aliphatic heterocycles. The van der Waals surface area contributed by atoms with Crippen molar-refractivity contribution in [3.05, 3.63) is 0 Å². The van der Waals surface area contributed by atoms with Crippen LogP contribution in [0.5, 0.6) is 0 Å². The van der Waals surface area contributed by atoms with Crippen LogP contribution in [0.4, 0.5) is 0 Å². The summed E-state index contributed by atoms with van der Waals surface area (Å²) in [6.07, 6.45) is 18.9. The first-order valence-corrected chi connectivity index (χ1v) is 9.48. The van der Waals surface area contributed by atoms with Gasteiger partial charge in [-0.3, -0.25) is 4.79 Å². The summed E-state index contributed by atoms with van der Waals surface area (Å²) in [5, 5.41) is 0. The third-order valence-corrected chi connectivity index (χ3v) is 4.69. The van der Waals surface area contributed by atoms with Crippen molar-refractivity contribution in [1.29, 1.82) is 0 Å². The SMILES string of the molecule is CCCCCCCCCCCCC(=O)OCC1CCCC1. The van der Waals surface area contributed by atoms with Crippen molar-refractivity contribution in [2.24, 2.45) is 5.92 Å².